The number of anilines is 2. The lowest BCUT2D eigenvalue weighted by Gasteiger charge is -2.38. The monoisotopic (exact) mass is 495 g/mol. The molecule has 0 spiro atoms. The zero-order chi connectivity index (χ0) is 26.2. The summed E-state index contributed by atoms with van der Waals surface area (Å²) in [5, 5.41) is 9.33. The molecule has 35 heavy (non-hydrogen) atoms. The third-order valence-corrected chi connectivity index (χ3v) is 5.52. The van der Waals surface area contributed by atoms with Crippen molar-refractivity contribution in [2.45, 2.75) is 24.7 Å². The van der Waals surface area contributed by atoms with E-state index in [-0.39, 0.29) is 22.8 Å². The van der Waals surface area contributed by atoms with Crippen LogP contribution >= 0.6 is 0 Å². The Kier molecular flexibility index (Phi) is 6.53. The molecule has 0 radical (unpaired) electrons. The summed E-state index contributed by atoms with van der Waals surface area (Å²) in [7, 11) is 1.18. The highest BCUT2D eigenvalue weighted by Crippen LogP contribution is 2.57. The van der Waals surface area contributed by atoms with E-state index < -0.39 is 40.3 Å². The Balaban J connectivity index is 2.23. The molecule has 0 aliphatic carbocycles. The van der Waals surface area contributed by atoms with Gasteiger partial charge in [0.05, 0.1) is 24.0 Å². The van der Waals surface area contributed by atoms with Gasteiger partial charge in [-0.1, -0.05) is 24.3 Å². The summed E-state index contributed by atoms with van der Waals surface area (Å²) in [6.07, 6.45) is -11.7. The average Bonchev–Trinajstić information content (AvgIpc) is 2.74. The minimum atomic E-state index is -5.83. The first kappa shape index (κ1) is 25.6. The van der Waals surface area contributed by atoms with Gasteiger partial charge in [-0.3, -0.25) is 0 Å². The van der Waals surface area contributed by atoms with Crippen molar-refractivity contribution < 1.29 is 35.8 Å². The molecule has 3 aromatic carbocycles. The number of nitriles is 1. The van der Waals surface area contributed by atoms with Crippen molar-refractivity contribution in [3.63, 3.8) is 0 Å². The summed E-state index contributed by atoms with van der Waals surface area (Å²) < 4.78 is 96.7. The van der Waals surface area contributed by atoms with Crippen LogP contribution in [0.15, 0.2) is 54.6 Å². The van der Waals surface area contributed by atoms with E-state index in [1.807, 2.05) is 6.07 Å². The molecule has 4 N–H and O–H groups in total. The van der Waals surface area contributed by atoms with Crippen LogP contribution in [-0.2, 0) is 5.41 Å². The van der Waals surface area contributed by atoms with Crippen molar-refractivity contribution >= 4 is 11.4 Å². The van der Waals surface area contributed by atoms with E-state index >= 15 is 0 Å². The van der Waals surface area contributed by atoms with Crippen LogP contribution in [0.25, 0.3) is 0 Å². The van der Waals surface area contributed by atoms with Crippen molar-refractivity contribution in [1.29, 1.82) is 5.26 Å². The second-order valence-electron chi connectivity index (χ2n) is 7.62. The quantitative estimate of drug-likeness (QED) is 0.323. The number of aryl methyl sites for hydroxylation is 1. The summed E-state index contributed by atoms with van der Waals surface area (Å²) in [5.74, 6) is -0.252. The normalized spacial score (nSPS) is 12.2. The van der Waals surface area contributed by atoms with Crippen LogP contribution in [0.5, 0.6) is 17.2 Å². The van der Waals surface area contributed by atoms with Crippen LogP contribution in [0.1, 0.15) is 22.3 Å². The van der Waals surface area contributed by atoms with Gasteiger partial charge >= 0.3 is 12.4 Å². The van der Waals surface area contributed by atoms with E-state index in [2.05, 4.69) is 0 Å². The molecule has 11 heteroatoms. The highest BCUT2D eigenvalue weighted by atomic mass is 19.4. The fourth-order valence-electron chi connectivity index (χ4n) is 3.81. The molecule has 184 valence electrons. The lowest BCUT2D eigenvalue weighted by atomic mass is 9.72. The van der Waals surface area contributed by atoms with E-state index in [1.54, 1.807) is 19.1 Å². The molecule has 3 aromatic rings. The lowest BCUT2D eigenvalue weighted by molar-refractivity contribution is -0.288. The predicted molar refractivity (Wildman–Crippen MR) is 117 cm³/mol. The first-order valence-corrected chi connectivity index (χ1v) is 9.93. The maximum absolute atomic E-state index is 14.4. The fourth-order valence-corrected chi connectivity index (χ4v) is 3.81. The van der Waals surface area contributed by atoms with Gasteiger partial charge in [0, 0.05) is 0 Å². The number of nitrogens with zero attached hydrogens (tertiary/aromatic N) is 1. The molecule has 0 amide bonds. The summed E-state index contributed by atoms with van der Waals surface area (Å²) in [6, 6.07) is 10.8. The second kappa shape index (κ2) is 8.94. The van der Waals surface area contributed by atoms with E-state index in [4.69, 9.17) is 20.9 Å². The van der Waals surface area contributed by atoms with Gasteiger partial charge in [-0.2, -0.15) is 31.6 Å². The highest BCUT2D eigenvalue weighted by molar-refractivity contribution is 5.63. The Bertz CT molecular complexity index is 1280. The lowest BCUT2D eigenvalue weighted by Crippen LogP contribution is -2.54. The molecule has 0 atom stereocenters. The number of hydrogen-bond acceptors (Lipinski definition) is 5. The van der Waals surface area contributed by atoms with Gasteiger partial charge < -0.3 is 20.9 Å². The summed E-state index contributed by atoms with van der Waals surface area (Å²) in [5.41, 5.74) is 4.51. The third-order valence-electron chi connectivity index (χ3n) is 5.52. The SMILES string of the molecule is COc1ccc(C(c2ccc(Oc3cccc(C)c3C#N)c(N)c2)(C(F)(F)F)C(F)(F)F)cc1N. The number of benzene rings is 3. The summed E-state index contributed by atoms with van der Waals surface area (Å²) in [6.45, 7) is 1.64. The zero-order valence-electron chi connectivity index (χ0n) is 18.4. The number of hydrogen-bond donors (Lipinski definition) is 2. The van der Waals surface area contributed by atoms with Crippen molar-refractivity contribution in [2.24, 2.45) is 0 Å². The molecule has 0 saturated heterocycles. The minimum absolute atomic E-state index is 0.0489. The molecular weight excluding hydrogens is 476 g/mol. The number of methoxy groups -OCH3 is 1. The first-order valence-electron chi connectivity index (χ1n) is 9.93. The van der Waals surface area contributed by atoms with E-state index in [0.717, 1.165) is 12.1 Å². The van der Waals surface area contributed by atoms with Crippen LogP contribution in [0.3, 0.4) is 0 Å². The molecule has 0 aliphatic heterocycles. The van der Waals surface area contributed by atoms with Crippen molar-refractivity contribution in [2.75, 3.05) is 18.6 Å². The number of nitrogen functional groups attached to an aromatic ring is 2. The van der Waals surface area contributed by atoms with Crippen molar-refractivity contribution in [1.82, 2.24) is 0 Å². The molecular formula is C24H19F6N3O2. The molecule has 0 aliphatic rings. The molecule has 5 nitrogen and oxygen atoms in total. The standard InChI is InChI=1S/C24H19F6N3O2/c1-13-4-3-5-19(16(13)12-31)35-21-9-7-15(11-18(21)33)22(23(25,26)27,24(28,29)30)14-6-8-20(34-2)17(32)10-14/h3-11H,32-33H2,1-2H3. The molecule has 0 unspecified atom stereocenters. The number of halogens is 6. The van der Waals surface area contributed by atoms with E-state index in [9.17, 15) is 31.6 Å². The molecule has 3 rings (SSSR count). The minimum Gasteiger partial charge on any atom is -0.495 e. The van der Waals surface area contributed by atoms with Gasteiger partial charge in [-0.15, -0.1) is 0 Å². The molecule has 0 heterocycles. The van der Waals surface area contributed by atoms with Gasteiger partial charge in [0.25, 0.3) is 0 Å². The smallest absolute Gasteiger partial charge is 0.411 e. The summed E-state index contributed by atoms with van der Waals surface area (Å²) >= 11 is 0. The van der Waals surface area contributed by atoms with E-state index in [1.165, 1.54) is 13.2 Å². The maximum atomic E-state index is 14.4. The van der Waals surface area contributed by atoms with Gasteiger partial charge in [-0.05, 0) is 53.9 Å². The fraction of sp³-hybridized carbons (Fsp3) is 0.208. The average molecular weight is 495 g/mol. The topological polar surface area (TPSA) is 94.3 Å². The number of alkyl halides is 6. The van der Waals surface area contributed by atoms with Crippen LogP contribution in [0.2, 0.25) is 0 Å². The van der Waals surface area contributed by atoms with E-state index in [0.29, 0.717) is 29.8 Å². The Morgan fingerprint density at radius 3 is 1.71 bits per heavy atom. The van der Waals surface area contributed by atoms with Gasteiger partial charge in [0.2, 0.25) is 5.41 Å². The number of rotatable bonds is 5. The van der Waals surface area contributed by atoms with Crippen LogP contribution in [0, 0.1) is 18.3 Å². The van der Waals surface area contributed by atoms with Gasteiger partial charge in [0.15, 0.2) is 0 Å². The maximum Gasteiger partial charge on any atom is 0.411 e. The molecule has 0 fully saturated rings. The largest absolute Gasteiger partial charge is 0.495 e. The number of ether oxygens (including phenoxy) is 2. The summed E-state index contributed by atoms with van der Waals surface area (Å²) in [4.78, 5) is 0. The molecule has 0 bridgehead atoms. The van der Waals surface area contributed by atoms with Crippen LogP contribution in [0.4, 0.5) is 37.7 Å². The Labute approximate surface area is 196 Å². The van der Waals surface area contributed by atoms with Crippen molar-refractivity contribution in [3.8, 4) is 23.3 Å². The highest BCUT2D eigenvalue weighted by Gasteiger charge is 2.72. The first-order chi connectivity index (χ1) is 16.3. The molecule has 0 aromatic heterocycles. The third kappa shape index (κ3) is 4.27. The second-order valence-corrected chi connectivity index (χ2v) is 7.62. The molecule has 0 saturated carbocycles. The van der Waals surface area contributed by atoms with Gasteiger partial charge in [-0.25, -0.2) is 0 Å². The van der Waals surface area contributed by atoms with Gasteiger partial charge in [0.1, 0.15) is 23.3 Å². The Hall–Kier alpha value is -4.07. The Morgan fingerprint density at radius 2 is 1.29 bits per heavy atom. The Morgan fingerprint density at radius 1 is 0.771 bits per heavy atom. The van der Waals surface area contributed by atoms with Crippen LogP contribution in [-0.4, -0.2) is 19.5 Å². The predicted octanol–water partition coefficient (Wildman–Crippen LogP) is 6.24. The number of nitrogens with two attached hydrogens (primary N) is 2. The zero-order valence-corrected chi connectivity index (χ0v) is 18.4. The van der Waals surface area contributed by atoms with Crippen molar-refractivity contribution in [3.05, 3.63) is 76.9 Å². The van der Waals surface area contributed by atoms with Crippen LogP contribution < -0.4 is 20.9 Å².